The lowest BCUT2D eigenvalue weighted by atomic mass is 9.73. The largest absolute Gasteiger partial charge is 0.416 e. The van der Waals surface area contributed by atoms with Crippen LogP contribution in [0.4, 0.5) is 13.2 Å². The zero-order chi connectivity index (χ0) is 22.6. The molecule has 1 aromatic heterocycles. The maximum Gasteiger partial charge on any atom is 0.416 e. The van der Waals surface area contributed by atoms with Gasteiger partial charge in [0.05, 0.1) is 17.5 Å². The van der Waals surface area contributed by atoms with Crippen molar-refractivity contribution in [3.8, 4) is 0 Å². The zero-order valence-electron chi connectivity index (χ0n) is 17.4. The molecule has 0 atom stereocenters. The number of carbonyl (C=O) groups is 1. The Kier molecular flexibility index (Phi) is 6.32. The molecule has 32 heavy (non-hydrogen) atoms. The van der Waals surface area contributed by atoms with Crippen LogP contribution in [-0.4, -0.2) is 28.9 Å². The molecule has 168 valence electrons. The Morgan fingerprint density at radius 2 is 1.78 bits per heavy atom. The van der Waals surface area contributed by atoms with Crippen LogP contribution >= 0.6 is 0 Å². The standard InChI is InChI=1S/C24H24F3N3O2/c25-24(26,27)21-4-1-3-20(15-21)23(9-13-32-14-10-23)22(31)28-16-18-5-7-19(8-6-18)17-30-12-2-11-29-30/h1-8,11-12,15H,9-10,13-14,16-17H2,(H,28,31). The summed E-state index contributed by atoms with van der Waals surface area (Å²) >= 11 is 0. The van der Waals surface area contributed by atoms with Crippen LogP contribution in [0.3, 0.4) is 0 Å². The van der Waals surface area contributed by atoms with E-state index in [0.29, 0.717) is 44.7 Å². The van der Waals surface area contributed by atoms with Gasteiger partial charge in [0.15, 0.2) is 0 Å². The molecule has 5 nitrogen and oxygen atoms in total. The lowest BCUT2D eigenvalue weighted by molar-refractivity contribution is -0.138. The van der Waals surface area contributed by atoms with Crippen LogP contribution in [0.1, 0.15) is 35.1 Å². The van der Waals surface area contributed by atoms with Crippen molar-refractivity contribution in [2.45, 2.75) is 37.5 Å². The van der Waals surface area contributed by atoms with Gasteiger partial charge >= 0.3 is 6.18 Å². The molecule has 0 spiro atoms. The summed E-state index contributed by atoms with van der Waals surface area (Å²) < 4.78 is 47.0. The molecule has 1 N–H and O–H groups in total. The van der Waals surface area contributed by atoms with Gasteiger partial charge < -0.3 is 10.1 Å². The van der Waals surface area contributed by atoms with E-state index in [1.165, 1.54) is 6.07 Å². The van der Waals surface area contributed by atoms with Crippen LogP contribution in [0.25, 0.3) is 0 Å². The van der Waals surface area contributed by atoms with Crippen LogP contribution in [0.5, 0.6) is 0 Å². The number of hydrogen-bond acceptors (Lipinski definition) is 3. The SMILES string of the molecule is O=C(NCc1ccc(Cn2cccn2)cc1)C1(c2cccc(C(F)(F)F)c2)CCOCC1. The number of hydrogen-bond donors (Lipinski definition) is 1. The van der Waals surface area contributed by atoms with Crippen LogP contribution in [0.2, 0.25) is 0 Å². The summed E-state index contributed by atoms with van der Waals surface area (Å²) in [6.45, 7) is 1.60. The molecule has 3 aromatic rings. The number of aromatic nitrogens is 2. The molecule has 1 saturated heterocycles. The molecule has 2 heterocycles. The van der Waals surface area contributed by atoms with Crippen molar-refractivity contribution >= 4 is 5.91 Å². The monoisotopic (exact) mass is 443 g/mol. The van der Waals surface area contributed by atoms with Gasteiger partial charge in [0.1, 0.15) is 0 Å². The average molecular weight is 443 g/mol. The van der Waals surface area contributed by atoms with Gasteiger partial charge in [0.25, 0.3) is 0 Å². The highest BCUT2D eigenvalue weighted by Crippen LogP contribution is 2.38. The maximum absolute atomic E-state index is 13.3. The van der Waals surface area contributed by atoms with E-state index in [0.717, 1.165) is 23.3 Å². The number of ether oxygens (including phenoxy) is 1. The van der Waals surface area contributed by atoms with Crippen molar-refractivity contribution in [2.75, 3.05) is 13.2 Å². The van der Waals surface area contributed by atoms with Crippen molar-refractivity contribution in [1.29, 1.82) is 0 Å². The van der Waals surface area contributed by atoms with E-state index in [2.05, 4.69) is 10.4 Å². The second kappa shape index (κ2) is 9.16. The Morgan fingerprint density at radius 1 is 1.06 bits per heavy atom. The van der Waals surface area contributed by atoms with Gasteiger partial charge in [0, 0.05) is 32.2 Å². The highest BCUT2D eigenvalue weighted by atomic mass is 19.4. The van der Waals surface area contributed by atoms with E-state index in [1.54, 1.807) is 12.3 Å². The van der Waals surface area contributed by atoms with E-state index >= 15 is 0 Å². The van der Waals surface area contributed by atoms with Crippen LogP contribution < -0.4 is 5.32 Å². The molecule has 0 saturated carbocycles. The van der Waals surface area contributed by atoms with Crippen LogP contribution in [0, 0.1) is 0 Å². The first-order valence-electron chi connectivity index (χ1n) is 10.5. The number of halogens is 3. The number of carbonyl (C=O) groups excluding carboxylic acids is 1. The number of amides is 1. The molecule has 2 aromatic carbocycles. The molecular weight excluding hydrogens is 419 g/mol. The number of nitrogens with one attached hydrogen (secondary N) is 1. The summed E-state index contributed by atoms with van der Waals surface area (Å²) in [5, 5.41) is 7.12. The van der Waals surface area contributed by atoms with E-state index in [1.807, 2.05) is 41.2 Å². The first-order chi connectivity index (χ1) is 15.4. The summed E-state index contributed by atoms with van der Waals surface area (Å²) in [4.78, 5) is 13.3. The van der Waals surface area contributed by atoms with Crippen molar-refractivity contribution in [2.24, 2.45) is 0 Å². The molecule has 1 fully saturated rings. The number of nitrogens with zero attached hydrogens (tertiary/aromatic N) is 2. The quantitative estimate of drug-likeness (QED) is 0.618. The fourth-order valence-electron chi connectivity index (χ4n) is 4.05. The fourth-order valence-corrected chi connectivity index (χ4v) is 4.05. The predicted octanol–water partition coefficient (Wildman–Crippen LogP) is 4.31. The van der Waals surface area contributed by atoms with Gasteiger partial charge in [-0.15, -0.1) is 0 Å². The minimum atomic E-state index is -4.46. The lowest BCUT2D eigenvalue weighted by Gasteiger charge is -2.36. The molecule has 1 amide bonds. The van der Waals surface area contributed by atoms with Gasteiger partial charge in [0.2, 0.25) is 5.91 Å². The second-order valence-corrected chi connectivity index (χ2v) is 7.98. The van der Waals surface area contributed by atoms with Gasteiger partial charge in [-0.05, 0) is 41.7 Å². The van der Waals surface area contributed by atoms with E-state index < -0.39 is 17.2 Å². The molecule has 1 aliphatic rings. The summed E-state index contributed by atoms with van der Waals surface area (Å²) in [6.07, 6.45) is -0.182. The van der Waals surface area contributed by atoms with Gasteiger partial charge in [-0.25, -0.2) is 0 Å². The van der Waals surface area contributed by atoms with Crippen molar-refractivity contribution < 1.29 is 22.7 Å². The highest BCUT2D eigenvalue weighted by molar-refractivity contribution is 5.88. The Morgan fingerprint density at radius 3 is 2.44 bits per heavy atom. The number of alkyl halides is 3. The number of rotatable bonds is 6. The molecule has 0 radical (unpaired) electrons. The van der Waals surface area contributed by atoms with E-state index in [4.69, 9.17) is 4.74 Å². The smallest absolute Gasteiger partial charge is 0.381 e. The highest BCUT2D eigenvalue weighted by Gasteiger charge is 2.43. The van der Waals surface area contributed by atoms with Gasteiger partial charge in [-0.3, -0.25) is 9.48 Å². The molecule has 0 aliphatic carbocycles. The third kappa shape index (κ3) is 4.85. The lowest BCUT2D eigenvalue weighted by Crippen LogP contribution is -2.47. The van der Waals surface area contributed by atoms with Crippen molar-refractivity contribution in [3.05, 3.63) is 89.2 Å². The maximum atomic E-state index is 13.3. The Balaban J connectivity index is 1.48. The van der Waals surface area contributed by atoms with Crippen molar-refractivity contribution in [1.82, 2.24) is 15.1 Å². The Labute approximate surface area is 184 Å². The summed E-state index contributed by atoms with van der Waals surface area (Å²) in [7, 11) is 0. The first-order valence-corrected chi connectivity index (χ1v) is 10.5. The summed E-state index contributed by atoms with van der Waals surface area (Å²) in [5.74, 6) is -0.277. The minimum absolute atomic E-state index is 0.277. The van der Waals surface area contributed by atoms with Crippen molar-refractivity contribution in [3.63, 3.8) is 0 Å². The summed E-state index contributed by atoms with van der Waals surface area (Å²) in [6, 6.07) is 14.8. The Hall–Kier alpha value is -3.13. The third-order valence-corrected chi connectivity index (χ3v) is 5.90. The van der Waals surface area contributed by atoms with Gasteiger partial charge in [-0.2, -0.15) is 18.3 Å². The van der Waals surface area contributed by atoms with Gasteiger partial charge in [-0.1, -0.05) is 42.5 Å². The number of benzene rings is 2. The normalized spacial score (nSPS) is 16.0. The molecule has 0 bridgehead atoms. The van der Waals surface area contributed by atoms with Crippen LogP contribution in [-0.2, 0) is 34.2 Å². The molecule has 0 unspecified atom stereocenters. The zero-order valence-corrected chi connectivity index (χ0v) is 17.4. The third-order valence-electron chi connectivity index (χ3n) is 5.90. The summed E-state index contributed by atoms with van der Waals surface area (Å²) in [5.41, 5.74) is 0.575. The molecular formula is C24H24F3N3O2. The Bertz CT molecular complexity index is 1040. The fraction of sp³-hybridized carbons (Fsp3) is 0.333. The molecule has 1 aliphatic heterocycles. The van der Waals surface area contributed by atoms with E-state index in [9.17, 15) is 18.0 Å². The predicted molar refractivity (Wildman–Crippen MR) is 113 cm³/mol. The average Bonchev–Trinajstić information content (AvgIpc) is 3.31. The molecule has 8 heteroatoms. The van der Waals surface area contributed by atoms with E-state index in [-0.39, 0.29) is 5.91 Å². The first kappa shape index (κ1) is 22.1. The van der Waals surface area contributed by atoms with Crippen LogP contribution in [0.15, 0.2) is 67.0 Å². The topological polar surface area (TPSA) is 56.2 Å². The molecule has 4 rings (SSSR count). The minimum Gasteiger partial charge on any atom is -0.381 e. The second-order valence-electron chi connectivity index (χ2n) is 7.98.